The second kappa shape index (κ2) is 8.26. The fourth-order valence-electron chi connectivity index (χ4n) is 1.55. The molecule has 0 fully saturated rings. The summed E-state index contributed by atoms with van der Waals surface area (Å²) in [6, 6.07) is 6.11. The Labute approximate surface area is 112 Å². The van der Waals surface area contributed by atoms with Gasteiger partial charge >= 0.3 is 5.97 Å². The first-order valence-corrected chi connectivity index (χ1v) is 6.34. The predicted molar refractivity (Wildman–Crippen MR) is 72.4 cm³/mol. The minimum atomic E-state index is -1.02. The molecule has 5 nitrogen and oxygen atoms in total. The number of carbonyl (C=O) groups excluding carboxylic acids is 1. The van der Waals surface area contributed by atoms with Crippen molar-refractivity contribution in [3.8, 4) is 0 Å². The predicted octanol–water partition coefficient (Wildman–Crippen LogP) is 2.53. The smallest absolute Gasteiger partial charge is 0.335 e. The normalized spacial score (nSPS) is 10.2. The van der Waals surface area contributed by atoms with Crippen molar-refractivity contribution < 1.29 is 19.4 Å². The largest absolute Gasteiger partial charge is 0.478 e. The molecule has 0 aliphatic rings. The van der Waals surface area contributed by atoms with Crippen LogP contribution in [0, 0.1) is 0 Å². The van der Waals surface area contributed by atoms with E-state index < -0.39 is 5.97 Å². The van der Waals surface area contributed by atoms with Crippen LogP contribution in [0.1, 0.15) is 36.5 Å². The molecule has 1 aromatic rings. The summed E-state index contributed by atoms with van der Waals surface area (Å²) in [5.41, 5.74) is 0.601. The summed E-state index contributed by atoms with van der Waals surface area (Å²) in [5, 5.41) is 11.4. The Hall–Kier alpha value is -1.88. The second-order valence-electron chi connectivity index (χ2n) is 4.19. The Morgan fingerprint density at radius 2 is 2.11 bits per heavy atom. The average Bonchev–Trinajstić information content (AvgIpc) is 2.38. The third-order valence-corrected chi connectivity index (χ3v) is 2.52. The fourth-order valence-corrected chi connectivity index (χ4v) is 1.55. The van der Waals surface area contributed by atoms with Crippen LogP contribution in [-0.4, -0.2) is 30.2 Å². The quantitative estimate of drug-likeness (QED) is 0.708. The molecule has 0 radical (unpaired) electrons. The van der Waals surface area contributed by atoms with Crippen LogP contribution in [0.5, 0.6) is 0 Å². The van der Waals surface area contributed by atoms with Crippen LogP contribution in [0.25, 0.3) is 0 Å². The van der Waals surface area contributed by atoms with E-state index in [1.807, 2.05) is 0 Å². The highest BCUT2D eigenvalue weighted by Crippen LogP contribution is 2.10. The van der Waals surface area contributed by atoms with Gasteiger partial charge in [0.1, 0.15) is 6.61 Å². The summed E-state index contributed by atoms with van der Waals surface area (Å²) < 4.78 is 5.22. The van der Waals surface area contributed by atoms with Crippen LogP contribution in [-0.2, 0) is 9.53 Å². The van der Waals surface area contributed by atoms with E-state index in [-0.39, 0.29) is 18.1 Å². The van der Waals surface area contributed by atoms with Gasteiger partial charge in [-0.05, 0) is 24.6 Å². The van der Waals surface area contributed by atoms with E-state index in [0.29, 0.717) is 12.3 Å². The van der Waals surface area contributed by atoms with E-state index in [1.165, 1.54) is 12.1 Å². The highest BCUT2D eigenvalue weighted by Gasteiger charge is 2.06. The van der Waals surface area contributed by atoms with Gasteiger partial charge in [-0.3, -0.25) is 4.79 Å². The molecule has 0 saturated heterocycles. The Morgan fingerprint density at radius 3 is 2.79 bits per heavy atom. The molecule has 0 aliphatic heterocycles. The zero-order valence-corrected chi connectivity index (χ0v) is 11.0. The molecule has 1 amide bonds. The van der Waals surface area contributed by atoms with Gasteiger partial charge in [-0.1, -0.05) is 25.8 Å². The molecule has 0 atom stereocenters. The second-order valence-corrected chi connectivity index (χ2v) is 4.19. The lowest BCUT2D eigenvalue weighted by atomic mass is 10.2. The van der Waals surface area contributed by atoms with Gasteiger partial charge in [0.25, 0.3) is 0 Å². The average molecular weight is 265 g/mol. The number of unbranched alkanes of at least 4 members (excludes halogenated alkanes) is 2. The molecule has 1 aromatic carbocycles. The van der Waals surface area contributed by atoms with Crippen LogP contribution in [0.2, 0.25) is 0 Å². The number of carboxylic acid groups (broad SMARTS) is 1. The van der Waals surface area contributed by atoms with Crippen molar-refractivity contribution in [1.29, 1.82) is 0 Å². The van der Waals surface area contributed by atoms with Crippen molar-refractivity contribution in [2.24, 2.45) is 0 Å². The molecule has 19 heavy (non-hydrogen) atoms. The van der Waals surface area contributed by atoms with Gasteiger partial charge in [-0.15, -0.1) is 0 Å². The molecule has 0 spiro atoms. The van der Waals surface area contributed by atoms with E-state index in [1.54, 1.807) is 12.1 Å². The Kier molecular flexibility index (Phi) is 6.60. The summed E-state index contributed by atoms with van der Waals surface area (Å²) in [5.74, 6) is -1.30. The van der Waals surface area contributed by atoms with Crippen LogP contribution >= 0.6 is 0 Å². The fraction of sp³-hybridized carbons (Fsp3) is 0.429. The summed E-state index contributed by atoms with van der Waals surface area (Å²) in [6.45, 7) is 2.65. The van der Waals surface area contributed by atoms with Crippen molar-refractivity contribution in [2.45, 2.75) is 26.2 Å². The van der Waals surface area contributed by atoms with E-state index in [2.05, 4.69) is 12.2 Å². The van der Waals surface area contributed by atoms with Crippen molar-refractivity contribution in [3.05, 3.63) is 29.8 Å². The summed E-state index contributed by atoms with van der Waals surface area (Å²) >= 11 is 0. The molecule has 0 saturated carbocycles. The van der Waals surface area contributed by atoms with Gasteiger partial charge in [0.15, 0.2) is 0 Å². The maximum Gasteiger partial charge on any atom is 0.335 e. The first-order valence-electron chi connectivity index (χ1n) is 6.34. The molecule has 0 heterocycles. The molecule has 0 aromatic heterocycles. The number of carbonyl (C=O) groups is 2. The third kappa shape index (κ3) is 6.01. The lowest BCUT2D eigenvalue weighted by molar-refractivity contribution is -0.120. The molecule has 5 heteroatoms. The number of carboxylic acids is 1. The number of anilines is 1. The summed E-state index contributed by atoms with van der Waals surface area (Å²) in [6.07, 6.45) is 3.14. The SMILES string of the molecule is CCCCCOCC(=O)Nc1cccc(C(=O)O)c1. The standard InChI is InChI=1S/C14H19NO4/c1-2-3-4-8-19-10-13(16)15-12-7-5-6-11(9-12)14(17)18/h5-7,9H,2-4,8,10H2,1H3,(H,15,16)(H,17,18). The Balaban J connectivity index is 2.35. The van der Waals surface area contributed by atoms with E-state index in [4.69, 9.17) is 9.84 Å². The zero-order chi connectivity index (χ0) is 14.1. The molecule has 0 bridgehead atoms. The lowest BCUT2D eigenvalue weighted by Gasteiger charge is -2.06. The zero-order valence-electron chi connectivity index (χ0n) is 11.0. The van der Waals surface area contributed by atoms with E-state index >= 15 is 0 Å². The number of hydrogen-bond acceptors (Lipinski definition) is 3. The topological polar surface area (TPSA) is 75.6 Å². The molecule has 0 aliphatic carbocycles. The number of rotatable bonds is 8. The number of hydrogen-bond donors (Lipinski definition) is 2. The lowest BCUT2D eigenvalue weighted by Crippen LogP contribution is -2.18. The van der Waals surface area contributed by atoms with Gasteiger partial charge in [0.05, 0.1) is 5.56 Å². The van der Waals surface area contributed by atoms with Crippen LogP contribution in [0.4, 0.5) is 5.69 Å². The number of amides is 1. The Bertz CT molecular complexity index is 431. The highest BCUT2D eigenvalue weighted by molar-refractivity contribution is 5.94. The van der Waals surface area contributed by atoms with Gasteiger partial charge in [0, 0.05) is 12.3 Å². The van der Waals surface area contributed by atoms with Gasteiger partial charge in [0.2, 0.25) is 5.91 Å². The number of aromatic carboxylic acids is 1. The van der Waals surface area contributed by atoms with Crippen LogP contribution < -0.4 is 5.32 Å². The summed E-state index contributed by atoms with van der Waals surface area (Å²) in [4.78, 5) is 22.3. The van der Waals surface area contributed by atoms with Crippen LogP contribution in [0.3, 0.4) is 0 Å². The van der Waals surface area contributed by atoms with Crippen LogP contribution in [0.15, 0.2) is 24.3 Å². The minimum Gasteiger partial charge on any atom is -0.478 e. The van der Waals surface area contributed by atoms with Crippen molar-refractivity contribution >= 4 is 17.6 Å². The monoisotopic (exact) mass is 265 g/mol. The van der Waals surface area contributed by atoms with Gasteiger partial charge in [-0.2, -0.15) is 0 Å². The third-order valence-electron chi connectivity index (χ3n) is 2.52. The maximum atomic E-state index is 11.5. The molecule has 104 valence electrons. The van der Waals surface area contributed by atoms with Crippen molar-refractivity contribution in [2.75, 3.05) is 18.5 Å². The molecular formula is C14H19NO4. The van der Waals surface area contributed by atoms with Crippen molar-refractivity contribution in [3.63, 3.8) is 0 Å². The molecule has 0 unspecified atom stereocenters. The summed E-state index contributed by atoms with van der Waals surface area (Å²) in [7, 11) is 0. The Morgan fingerprint density at radius 1 is 1.32 bits per heavy atom. The first kappa shape index (κ1) is 15.2. The van der Waals surface area contributed by atoms with E-state index in [0.717, 1.165) is 19.3 Å². The maximum absolute atomic E-state index is 11.5. The molecule has 2 N–H and O–H groups in total. The molecular weight excluding hydrogens is 246 g/mol. The van der Waals surface area contributed by atoms with Crippen molar-refractivity contribution in [1.82, 2.24) is 0 Å². The minimum absolute atomic E-state index is 0.0129. The van der Waals surface area contributed by atoms with Gasteiger partial charge in [-0.25, -0.2) is 4.79 Å². The van der Waals surface area contributed by atoms with Gasteiger partial charge < -0.3 is 15.2 Å². The highest BCUT2D eigenvalue weighted by atomic mass is 16.5. The number of ether oxygens (including phenoxy) is 1. The number of nitrogens with one attached hydrogen (secondary N) is 1. The number of benzene rings is 1. The molecule has 1 rings (SSSR count). The van der Waals surface area contributed by atoms with E-state index in [9.17, 15) is 9.59 Å². The first-order chi connectivity index (χ1) is 9.13.